The van der Waals surface area contributed by atoms with Crippen LogP contribution in [0, 0.1) is 11.8 Å². The van der Waals surface area contributed by atoms with Crippen molar-refractivity contribution in [2.75, 3.05) is 33.0 Å². The minimum Gasteiger partial charge on any atom is -0.379 e. The molecule has 0 aromatic heterocycles. The highest BCUT2D eigenvalue weighted by Crippen LogP contribution is 1.98. The minimum atomic E-state index is 0.00169. The summed E-state index contributed by atoms with van der Waals surface area (Å²) in [6.45, 7) is 9.87. The molecule has 1 N–H and O–H groups in total. The van der Waals surface area contributed by atoms with Gasteiger partial charge in [0.15, 0.2) is 0 Å². The topological polar surface area (TPSA) is 64.6 Å². The zero-order valence-corrected chi connectivity index (χ0v) is 12.5. The Balaban J connectivity index is 3.24. The molecule has 5 heteroatoms. The number of ether oxygens (including phenoxy) is 2. The number of hydrogen-bond acceptors (Lipinski definition) is 4. The van der Waals surface area contributed by atoms with Crippen molar-refractivity contribution in [1.29, 1.82) is 0 Å². The lowest BCUT2D eigenvalue weighted by atomic mass is 10.1. The van der Waals surface area contributed by atoms with Gasteiger partial charge in [0.2, 0.25) is 5.91 Å². The number of Topliss-reactive ketones (excluding diaryl/α,β-unsaturated/α-hetero) is 1. The first-order valence-electron chi connectivity index (χ1n) is 6.91. The van der Waals surface area contributed by atoms with Crippen molar-refractivity contribution < 1.29 is 19.1 Å². The molecule has 0 fully saturated rings. The van der Waals surface area contributed by atoms with Crippen LogP contribution in [0.1, 0.15) is 34.1 Å². The molecule has 0 spiro atoms. The summed E-state index contributed by atoms with van der Waals surface area (Å²) in [5.41, 5.74) is 0. The summed E-state index contributed by atoms with van der Waals surface area (Å²) in [6.07, 6.45) is 0.460. The van der Waals surface area contributed by atoms with Gasteiger partial charge in [0.25, 0.3) is 0 Å². The fourth-order valence-electron chi connectivity index (χ4n) is 1.23. The molecule has 0 bridgehead atoms. The molecular formula is C14H27NO4. The Kier molecular flexibility index (Phi) is 10.4. The van der Waals surface area contributed by atoms with E-state index in [9.17, 15) is 9.59 Å². The van der Waals surface area contributed by atoms with Gasteiger partial charge in [0, 0.05) is 24.8 Å². The summed E-state index contributed by atoms with van der Waals surface area (Å²) in [7, 11) is 0. The van der Waals surface area contributed by atoms with E-state index >= 15 is 0 Å². The smallest absolute Gasteiger partial charge is 0.222 e. The molecule has 0 heterocycles. The first-order chi connectivity index (χ1) is 8.95. The van der Waals surface area contributed by atoms with Crippen LogP contribution in [-0.4, -0.2) is 44.7 Å². The molecule has 5 nitrogen and oxygen atoms in total. The Morgan fingerprint density at radius 1 is 0.895 bits per heavy atom. The fraction of sp³-hybridized carbons (Fsp3) is 0.857. The molecule has 19 heavy (non-hydrogen) atoms. The molecule has 0 saturated carbocycles. The van der Waals surface area contributed by atoms with Crippen LogP contribution in [0.25, 0.3) is 0 Å². The van der Waals surface area contributed by atoms with Gasteiger partial charge in [-0.25, -0.2) is 0 Å². The van der Waals surface area contributed by atoms with E-state index in [1.165, 1.54) is 0 Å². The van der Waals surface area contributed by atoms with E-state index in [4.69, 9.17) is 9.47 Å². The highest BCUT2D eigenvalue weighted by atomic mass is 16.5. The number of hydrogen-bond donors (Lipinski definition) is 1. The van der Waals surface area contributed by atoms with Crippen LogP contribution in [0.15, 0.2) is 0 Å². The Morgan fingerprint density at radius 2 is 1.47 bits per heavy atom. The van der Waals surface area contributed by atoms with Gasteiger partial charge < -0.3 is 14.8 Å². The molecule has 0 rings (SSSR count). The van der Waals surface area contributed by atoms with Crippen LogP contribution in [0.2, 0.25) is 0 Å². The molecule has 0 saturated heterocycles. The molecule has 0 aliphatic carbocycles. The molecule has 0 aromatic carbocycles. The second kappa shape index (κ2) is 10.9. The lowest BCUT2D eigenvalue weighted by Gasteiger charge is -2.09. The summed E-state index contributed by atoms with van der Waals surface area (Å²) in [4.78, 5) is 22.5. The molecule has 1 amide bonds. The third-order valence-corrected chi connectivity index (χ3v) is 2.58. The summed E-state index contributed by atoms with van der Waals surface area (Å²) in [5, 5.41) is 2.76. The van der Waals surface area contributed by atoms with E-state index in [0.29, 0.717) is 39.4 Å². The maximum atomic E-state index is 11.3. The van der Waals surface area contributed by atoms with Crippen LogP contribution in [-0.2, 0) is 19.1 Å². The normalized spacial score (nSPS) is 11.1. The lowest BCUT2D eigenvalue weighted by Crippen LogP contribution is -2.31. The largest absolute Gasteiger partial charge is 0.379 e. The standard InChI is InChI=1S/C14H27NO4/c1-11(2)13(16)5-7-18-9-10-19-8-6-15-14(17)12(3)4/h11-12H,5-10H2,1-4H3,(H,15,17). The number of amides is 1. The van der Waals surface area contributed by atoms with Crippen LogP contribution in [0.3, 0.4) is 0 Å². The van der Waals surface area contributed by atoms with Crippen LogP contribution < -0.4 is 5.32 Å². The van der Waals surface area contributed by atoms with Crippen LogP contribution in [0.5, 0.6) is 0 Å². The predicted molar refractivity (Wildman–Crippen MR) is 73.9 cm³/mol. The summed E-state index contributed by atoms with van der Waals surface area (Å²) in [5.74, 6) is 0.329. The Labute approximate surface area is 116 Å². The SMILES string of the molecule is CC(C)C(=O)CCOCCOCCNC(=O)C(C)C. The molecular weight excluding hydrogens is 246 g/mol. The van der Waals surface area contributed by atoms with Gasteiger partial charge in [0.1, 0.15) is 5.78 Å². The van der Waals surface area contributed by atoms with Crippen molar-refractivity contribution in [1.82, 2.24) is 5.32 Å². The summed E-state index contributed by atoms with van der Waals surface area (Å²) < 4.78 is 10.6. The molecule has 0 aliphatic rings. The average molecular weight is 273 g/mol. The van der Waals surface area contributed by atoms with Crippen LogP contribution in [0.4, 0.5) is 0 Å². The van der Waals surface area contributed by atoms with Crippen molar-refractivity contribution >= 4 is 11.7 Å². The maximum absolute atomic E-state index is 11.3. The third-order valence-electron chi connectivity index (χ3n) is 2.58. The second-order valence-electron chi connectivity index (χ2n) is 5.04. The molecule has 0 unspecified atom stereocenters. The molecule has 0 aliphatic heterocycles. The first-order valence-corrected chi connectivity index (χ1v) is 6.91. The van der Waals surface area contributed by atoms with E-state index in [1.807, 2.05) is 27.7 Å². The maximum Gasteiger partial charge on any atom is 0.222 e. The second-order valence-corrected chi connectivity index (χ2v) is 5.04. The van der Waals surface area contributed by atoms with Crippen molar-refractivity contribution in [2.24, 2.45) is 11.8 Å². The van der Waals surface area contributed by atoms with Crippen molar-refractivity contribution in [2.45, 2.75) is 34.1 Å². The molecule has 0 aromatic rings. The number of carbonyl (C=O) groups is 2. The Bertz CT molecular complexity index is 238. The summed E-state index contributed by atoms with van der Waals surface area (Å²) >= 11 is 0. The lowest BCUT2D eigenvalue weighted by molar-refractivity contribution is -0.124. The highest BCUT2D eigenvalue weighted by Gasteiger charge is 2.06. The van der Waals surface area contributed by atoms with Gasteiger partial charge in [-0.2, -0.15) is 0 Å². The monoisotopic (exact) mass is 273 g/mol. The molecule has 0 atom stereocenters. The van der Waals surface area contributed by atoms with E-state index in [1.54, 1.807) is 0 Å². The van der Waals surface area contributed by atoms with E-state index in [0.717, 1.165) is 0 Å². The zero-order chi connectivity index (χ0) is 14.7. The van der Waals surface area contributed by atoms with Crippen molar-refractivity contribution in [3.63, 3.8) is 0 Å². The quantitative estimate of drug-likeness (QED) is 0.578. The number of rotatable bonds is 11. The predicted octanol–water partition coefficient (Wildman–Crippen LogP) is 1.41. The van der Waals surface area contributed by atoms with Gasteiger partial charge in [-0.1, -0.05) is 27.7 Å². The Hall–Kier alpha value is -0.940. The Morgan fingerprint density at radius 3 is 2.00 bits per heavy atom. The van der Waals surface area contributed by atoms with Crippen LogP contribution >= 0.6 is 0 Å². The number of ketones is 1. The number of carbonyl (C=O) groups excluding carboxylic acids is 2. The van der Waals surface area contributed by atoms with Gasteiger partial charge in [0.05, 0.1) is 26.4 Å². The van der Waals surface area contributed by atoms with E-state index in [-0.39, 0.29) is 23.5 Å². The van der Waals surface area contributed by atoms with Gasteiger partial charge in [-0.05, 0) is 0 Å². The first kappa shape index (κ1) is 18.1. The molecule has 112 valence electrons. The third kappa shape index (κ3) is 10.7. The van der Waals surface area contributed by atoms with Gasteiger partial charge >= 0.3 is 0 Å². The van der Waals surface area contributed by atoms with Crippen molar-refractivity contribution in [3.8, 4) is 0 Å². The average Bonchev–Trinajstić information content (AvgIpc) is 2.35. The highest BCUT2D eigenvalue weighted by molar-refractivity contribution is 5.80. The molecule has 0 radical (unpaired) electrons. The zero-order valence-electron chi connectivity index (χ0n) is 12.5. The fourth-order valence-corrected chi connectivity index (χ4v) is 1.23. The number of nitrogens with one attached hydrogen (secondary N) is 1. The summed E-state index contributed by atoms with van der Waals surface area (Å²) in [6, 6.07) is 0. The van der Waals surface area contributed by atoms with Gasteiger partial charge in [-0.3, -0.25) is 9.59 Å². The minimum absolute atomic E-state index is 0.00169. The van der Waals surface area contributed by atoms with Gasteiger partial charge in [-0.15, -0.1) is 0 Å². The van der Waals surface area contributed by atoms with Crippen molar-refractivity contribution in [3.05, 3.63) is 0 Å². The van der Waals surface area contributed by atoms with E-state index in [2.05, 4.69) is 5.32 Å². The van der Waals surface area contributed by atoms with E-state index < -0.39 is 0 Å².